The first-order valence-corrected chi connectivity index (χ1v) is 11.2. The number of carbonyl (C=O) groups excluding carboxylic acids is 2. The summed E-state index contributed by atoms with van der Waals surface area (Å²) >= 11 is 15.6. The van der Waals surface area contributed by atoms with Crippen molar-refractivity contribution in [3.63, 3.8) is 0 Å². The maximum Gasteiger partial charge on any atom is 0.329 e. The van der Waals surface area contributed by atoms with Crippen LogP contribution < -0.4 is 10.1 Å². The molecule has 0 radical (unpaired) electrons. The Morgan fingerprint density at radius 1 is 1.00 bits per heavy atom. The van der Waals surface area contributed by atoms with Gasteiger partial charge >= 0.3 is 6.03 Å². The van der Waals surface area contributed by atoms with Crippen molar-refractivity contribution in [1.29, 1.82) is 0 Å². The Labute approximate surface area is 203 Å². The van der Waals surface area contributed by atoms with E-state index in [1.165, 1.54) is 4.90 Å². The third-order valence-corrected chi connectivity index (χ3v) is 6.02. The lowest BCUT2D eigenvalue weighted by Crippen LogP contribution is -2.30. The number of nitrogens with one attached hydrogen (secondary N) is 1. The molecule has 5 nitrogen and oxygen atoms in total. The molecule has 0 aliphatic carbocycles. The highest BCUT2D eigenvalue weighted by Gasteiger charge is 2.33. The van der Waals surface area contributed by atoms with Crippen molar-refractivity contribution in [1.82, 2.24) is 10.2 Å². The number of imide groups is 1. The molecule has 1 aliphatic rings. The van der Waals surface area contributed by atoms with Crippen LogP contribution >= 0.6 is 39.1 Å². The summed E-state index contributed by atoms with van der Waals surface area (Å²) in [4.78, 5) is 26.2. The number of hydrogen-bond acceptors (Lipinski definition) is 3. The molecule has 1 aliphatic heterocycles. The number of benzene rings is 3. The summed E-state index contributed by atoms with van der Waals surface area (Å²) in [7, 11) is 0. The number of amides is 3. The first-order valence-electron chi connectivity index (χ1n) is 9.65. The van der Waals surface area contributed by atoms with Gasteiger partial charge in [-0.25, -0.2) is 4.79 Å². The summed E-state index contributed by atoms with van der Waals surface area (Å²) in [6, 6.07) is 19.5. The fourth-order valence-corrected chi connectivity index (χ4v) is 4.14. The van der Waals surface area contributed by atoms with Gasteiger partial charge in [-0.2, -0.15) is 0 Å². The van der Waals surface area contributed by atoms with Crippen LogP contribution in [0.3, 0.4) is 0 Å². The van der Waals surface area contributed by atoms with E-state index in [0.29, 0.717) is 20.3 Å². The fourth-order valence-electron chi connectivity index (χ4n) is 3.17. The summed E-state index contributed by atoms with van der Waals surface area (Å²) < 4.78 is 6.55. The number of nitrogens with zero attached hydrogens (tertiary/aromatic N) is 1. The summed E-state index contributed by atoms with van der Waals surface area (Å²) in [6.07, 6.45) is 1.63. The molecule has 1 heterocycles. The second-order valence-electron chi connectivity index (χ2n) is 7.08. The van der Waals surface area contributed by atoms with Gasteiger partial charge in [-0.1, -0.05) is 65.7 Å². The van der Waals surface area contributed by atoms with Crippen LogP contribution in [0, 0.1) is 0 Å². The normalized spacial score (nSPS) is 14.7. The van der Waals surface area contributed by atoms with E-state index in [1.807, 2.05) is 42.5 Å². The van der Waals surface area contributed by atoms with Crippen LogP contribution in [0.2, 0.25) is 10.0 Å². The monoisotopic (exact) mass is 530 g/mol. The zero-order chi connectivity index (χ0) is 22.7. The number of hydrogen-bond donors (Lipinski definition) is 1. The Hall–Kier alpha value is -2.80. The number of rotatable bonds is 6. The Morgan fingerprint density at radius 3 is 2.50 bits per heavy atom. The maximum atomic E-state index is 12.7. The minimum atomic E-state index is -0.441. The van der Waals surface area contributed by atoms with Gasteiger partial charge in [0.15, 0.2) is 0 Å². The average Bonchev–Trinajstić information content (AvgIpc) is 3.02. The second kappa shape index (κ2) is 9.77. The summed E-state index contributed by atoms with van der Waals surface area (Å²) in [5.74, 6) is 0.248. The molecule has 3 amide bonds. The number of urea groups is 1. The van der Waals surface area contributed by atoms with Crippen LogP contribution in [0.4, 0.5) is 4.79 Å². The smallest absolute Gasteiger partial charge is 0.329 e. The minimum absolute atomic E-state index is 0.215. The van der Waals surface area contributed by atoms with Gasteiger partial charge in [-0.15, -0.1) is 0 Å². The van der Waals surface area contributed by atoms with Crippen LogP contribution in [0.1, 0.15) is 16.7 Å². The Bertz CT molecular complexity index is 1220. The molecule has 1 fully saturated rings. The van der Waals surface area contributed by atoms with Crippen molar-refractivity contribution in [2.24, 2.45) is 0 Å². The first-order chi connectivity index (χ1) is 15.4. The van der Waals surface area contributed by atoms with Crippen LogP contribution in [-0.2, 0) is 17.9 Å². The Morgan fingerprint density at radius 2 is 1.78 bits per heavy atom. The van der Waals surface area contributed by atoms with Crippen molar-refractivity contribution in [3.05, 3.63) is 104 Å². The van der Waals surface area contributed by atoms with Gasteiger partial charge in [-0.3, -0.25) is 9.69 Å². The number of carbonyl (C=O) groups is 2. The van der Waals surface area contributed by atoms with Gasteiger partial charge in [0.25, 0.3) is 5.91 Å². The zero-order valence-corrected chi connectivity index (χ0v) is 19.7. The van der Waals surface area contributed by atoms with E-state index in [9.17, 15) is 9.59 Å². The average molecular weight is 532 g/mol. The molecule has 1 N–H and O–H groups in total. The van der Waals surface area contributed by atoms with Crippen LogP contribution in [0.5, 0.6) is 5.75 Å². The molecule has 0 aromatic heterocycles. The molecule has 8 heteroatoms. The summed E-state index contributed by atoms with van der Waals surface area (Å²) in [5, 5.41) is 3.74. The van der Waals surface area contributed by atoms with Crippen LogP contribution in [0.15, 0.2) is 76.9 Å². The molecule has 4 rings (SSSR count). The molecule has 32 heavy (non-hydrogen) atoms. The van der Waals surface area contributed by atoms with Crippen molar-refractivity contribution in [3.8, 4) is 5.75 Å². The van der Waals surface area contributed by atoms with Gasteiger partial charge in [-0.05, 0) is 57.4 Å². The molecule has 162 valence electrons. The van der Waals surface area contributed by atoms with Gasteiger partial charge in [0.2, 0.25) is 0 Å². The topological polar surface area (TPSA) is 58.6 Å². The molecule has 1 saturated heterocycles. The maximum absolute atomic E-state index is 12.7. The van der Waals surface area contributed by atoms with E-state index < -0.39 is 6.03 Å². The standard InChI is InChI=1S/C24H17BrCl2N2O3/c25-19-10-16(6-9-22(19)32-14-17-7-8-18(26)12-20(17)27)11-21-23(30)29(24(31)28-21)13-15-4-2-1-3-5-15/h1-12H,13-14H2,(H,28,31)/b21-11+. The Balaban J connectivity index is 1.45. The highest BCUT2D eigenvalue weighted by molar-refractivity contribution is 9.10. The molecule has 0 unspecified atom stereocenters. The number of halogens is 3. The molecule has 0 spiro atoms. The van der Waals surface area contributed by atoms with Crippen LogP contribution in [-0.4, -0.2) is 16.8 Å². The second-order valence-corrected chi connectivity index (χ2v) is 8.78. The van der Waals surface area contributed by atoms with E-state index in [-0.39, 0.29) is 24.8 Å². The van der Waals surface area contributed by atoms with Gasteiger partial charge < -0.3 is 10.1 Å². The van der Waals surface area contributed by atoms with E-state index in [0.717, 1.165) is 16.7 Å². The predicted molar refractivity (Wildman–Crippen MR) is 128 cm³/mol. The number of ether oxygens (including phenoxy) is 1. The predicted octanol–water partition coefficient (Wildman–Crippen LogP) is 6.43. The SMILES string of the molecule is O=C1N/C(=C/c2ccc(OCc3ccc(Cl)cc3Cl)c(Br)c2)C(=O)N1Cc1ccccc1. The Kier molecular flexibility index (Phi) is 6.84. The van der Waals surface area contributed by atoms with Crippen molar-refractivity contribution in [2.45, 2.75) is 13.2 Å². The largest absolute Gasteiger partial charge is 0.488 e. The van der Waals surface area contributed by atoms with Crippen LogP contribution in [0.25, 0.3) is 6.08 Å². The van der Waals surface area contributed by atoms with Gasteiger partial charge in [0, 0.05) is 15.6 Å². The third kappa shape index (κ3) is 5.15. The molecule has 3 aromatic rings. The lowest BCUT2D eigenvalue weighted by Gasteiger charge is -2.11. The van der Waals surface area contributed by atoms with E-state index in [2.05, 4.69) is 21.2 Å². The molecule has 3 aromatic carbocycles. The molecule has 0 atom stereocenters. The van der Waals surface area contributed by atoms with E-state index in [1.54, 1.807) is 30.3 Å². The zero-order valence-electron chi connectivity index (χ0n) is 16.6. The lowest BCUT2D eigenvalue weighted by atomic mass is 10.1. The fraction of sp³-hybridized carbons (Fsp3) is 0.0833. The van der Waals surface area contributed by atoms with Crippen molar-refractivity contribution in [2.75, 3.05) is 0 Å². The highest BCUT2D eigenvalue weighted by atomic mass is 79.9. The summed E-state index contributed by atoms with van der Waals surface area (Å²) in [6.45, 7) is 0.491. The van der Waals surface area contributed by atoms with E-state index in [4.69, 9.17) is 27.9 Å². The third-order valence-electron chi connectivity index (χ3n) is 4.81. The van der Waals surface area contributed by atoms with Crippen molar-refractivity contribution < 1.29 is 14.3 Å². The highest BCUT2D eigenvalue weighted by Crippen LogP contribution is 2.29. The summed E-state index contributed by atoms with van der Waals surface area (Å²) in [5.41, 5.74) is 2.65. The molecule has 0 saturated carbocycles. The molecular formula is C24H17BrCl2N2O3. The van der Waals surface area contributed by atoms with E-state index >= 15 is 0 Å². The first kappa shape index (κ1) is 22.4. The quantitative estimate of drug-likeness (QED) is 0.294. The van der Waals surface area contributed by atoms with Crippen molar-refractivity contribution >= 4 is 57.1 Å². The van der Waals surface area contributed by atoms with Gasteiger partial charge in [0.1, 0.15) is 18.1 Å². The molecular weight excluding hydrogens is 515 g/mol. The van der Waals surface area contributed by atoms with Gasteiger partial charge in [0.05, 0.1) is 11.0 Å². The lowest BCUT2D eigenvalue weighted by molar-refractivity contribution is -0.123. The molecule has 0 bridgehead atoms. The minimum Gasteiger partial charge on any atom is -0.488 e.